The molecule has 1 aliphatic rings. The Kier molecular flexibility index (Phi) is 5.25. The second-order valence-electron chi connectivity index (χ2n) is 7.23. The van der Waals surface area contributed by atoms with Gasteiger partial charge in [-0.3, -0.25) is 4.79 Å². The van der Waals surface area contributed by atoms with E-state index in [1.165, 1.54) is 5.69 Å². The van der Waals surface area contributed by atoms with Gasteiger partial charge in [0.25, 0.3) is 5.91 Å². The van der Waals surface area contributed by atoms with Crippen LogP contribution in [0.3, 0.4) is 0 Å². The Hall–Kier alpha value is -2.43. The van der Waals surface area contributed by atoms with Crippen LogP contribution in [0.4, 0.5) is 5.69 Å². The number of benzene rings is 1. The number of nitrogens with zero attached hydrogens (tertiary/aromatic N) is 3. The predicted octanol–water partition coefficient (Wildman–Crippen LogP) is 3.66. The summed E-state index contributed by atoms with van der Waals surface area (Å²) in [5.41, 5.74) is 4.24. The zero-order valence-corrected chi connectivity index (χ0v) is 16.5. The lowest BCUT2D eigenvalue weighted by Crippen LogP contribution is -2.48. The summed E-state index contributed by atoms with van der Waals surface area (Å²) in [5, 5.41) is 0. The Morgan fingerprint density at radius 3 is 2.15 bits per heavy atom. The zero-order valence-electron chi connectivity index (χ0n) is 16.5. The van der Waals surface area contributed by atoms with E-state index in [1.54, 1.807) is 7.11 Å². The van der Waals surface area contributed by atoms with E-state index in [-0.39, 0.29) is 5.91 Å². The summed E-state index contributed by atoms with van der Waals surface area (Å²) in [6, 6.07) is 10.5. The predicted molar refractivity (Wildman–Crippen MR) is 105 cm³/mol. The van der Waals surface area contributed by atoms with E-state index in [0.29, 0.717) is 6.04 Å². The third-order valence-corrected chi connectivity index (χ3v) is 5.24. The molecule has 1 aromatic carbocycles. The number of amides is 1. The fourth-order valence-electron chi connectivity index (χ4n) is 3.92. The second kappa shape index (κ2) is 7.44. The number of ether oxygens (including phenoxy) is 1. The fourth-order valence-corrected chi connectivity index (χ4v) is 3.92. The average molecular weight is 355 g/mol. The number of carbonyl (C=O) groups is 1. The van der Waals surface area contributed by atoms with Gasteiger partial charge in [0.15, 0.2) is 0 Å². The van der Waals surface area contributed by atoms with Crippen molar-refractivity contribution in [3.63, 3.8) is 0 Å². The number of methoxy groups -OCH3 is 1. The molecule has 2 aromatic rings. The number of hydrogen-bond acceptors (Lipinski definition) is 3. The lowest BCUT2D eigenvalue weighted by atomic mass is 10.2. The van der Waals surface area contributed by atoms with E-state index in [2.05, 4.69) is 42.4 Å². The topological polar surface area (TPSA) is 37.7 Å². The molecule has 0 bridgehead atoms. The van der Waals surface area contributed by atoms with Gasteiger partial charge in [0.05, 0.1) is 12.7 Å². The Morgan fingerprint density at radius 1 is 1.04 bits per heavy atom. The molecule has 5 nitrogen and oxygen atoms in total. The molecule has 140 valence electrons. The summed E-state index contributed by atoms with van der Waals surface area (Å²) in [4.78, 5) is 17.3. The Bertz CT molecular complexity index is 769. The number of carbonyl (C=O) groups excluding carboxylic acids is 1. The lowest BCUT2D eigenvalue weighted by Gasteiger charge is -2.36. The van der Waals surface area contributed by atoms with Crippen molar-refractivity contribution >= 4 is 11.6 Å². The van der Waals surface area contributed by atoms with Crippen molar-refractivity contribution in [3.05, 3.63) is 47.3 Å². The van der Waals surface area contributed by atoms with Crippen molar-refractivity contribution in [2.75, 3.05) is 38.2 Å². The van der Waals surface area contributed by atoms with Gasteiger partial charge in [0, 0.05) is 49.3 Å². The third kappa shape index (κ3) is 3.43. The summed E-state index contributed by atoms with van der Waals surface area (Å²) >= 11 is 0. The standard InChI is InChI=1S/C21H29N3O2/c1-15(2)24-16(3)14-20(17(24)4)21(25)23-12-10-22(11-13-23)18-6-8-19(26-5)9-7-18/h6-9,14-15H,10-13H2,1-5H3. The van der Waals surface area contributed by atoms with Crippen molar-refractivity contribution < 1.29 is 9.53 Å². The van der Waals surface area contributed by atoms with Crippen LogP contribution in [0.15, 0.2) is 30.3 Å². The number of aromatic nitrogens is 1. The number of anilines is 1. The summed E-state index contributed by atoms with van der Waals surface area (Å²) in [6.07, 6.45) is 0. The third-order valence-electron chi connectivity index (χ3n) is 5.24. The van der Waals surface area contributed by atoms with Gasteiger partial charge in [-0.25, -0.2) is 0 Å². The van der Waals surface area contributed by atoms with Gasteiger partial charge in [0.2, 0.25) is 0 Å². The first kappa shape index (κ1) is 18.4. The van der Waals surface area contributed by atoms with Crippen LogP contribution >= 0.6 is 0 Å². The Balaban J connectivity index is 1.68. The molecule has 1 saturated heterocycles. The van der Waals surface area contributed by atoms with E-state index >= 15 is 0 Å². The SMILES string of the molecule is COc1ccc(N2CCN(C(=O)c3cc(C)n(C(C)C)c3C)CC2)cc1. The van der Waals surface area contributed by atoms with Gasteiger partial charge in [-0.1, -0.05) is 0 Å². The molecule has 0 saturated carbocycles. The van der Waals surface area contributed by atoms with Gasteiger partial charge in [-0.2, -0.15) is 0 Å². The van der Waals surface area contributed by atoms with E-state index in [4.69, 9.17) is 4.74 Å². The molecule has 1 aliphatic heterocycles. The highest BCUT2D eigenvalue weighted by atomic mass is 16.5. The molecular weight excluding hydrogens is 326 g/mol. The highest BCUT2D eigenvalue weighted by Gasteiger charge is 2.25. The molecule has 1 amide bonds. The first-order valence-corrected chi connectivity index (χ1v) is 9.29. The van der Waals surface area contributed by atoms with Crippen LogP contribution in [-0.4, -0.2) is 48.7 Å². The molecule has 3 rings (SSSR count). The maximum Gasteiger partial charge on any atom is 0.255 e. The maximum absolute atomic E-state index is 13.0. The normalized spacial score (nSPS) is 14.8. The van der Waals surface area contributed by atoms with Crippen molar-refractivity contribution in [3.8, 4) is 5.75 Å². The van der Waals surface area contributed by atoms with Crippen LogP contribution in [-0.2, 0) is 0 Å². The molecule has 0 aliphatic carbocycles. The molecule has 0 spiro atoms. The molecule has 0 N–H and O–H groups in total. The number of hydrogen-bond donors (Lipinski definition) is 0. The van der Waals surface area contributed by atoms with Crippen molar-refractivity contribution in [1.82, 2.24) is 9.47 Å². The monoisotopic (exact) mass is 355 g/mol. The summed E-state index contributed by atoms with van der Waals surface area (Å²) in [6.45, 7) is 11.6. The summed E-state index contributed by atoms with van der Waals surface area (Å²) in [5.74, 6) is 1.02. The molecule has 1 aromatic heterocycles. The molecule has 5 heteroatoms. The highest BCUT2D eigenvalue weighted by molar-refractivity contribution is 5.96. The van der Waals surface area contributed by atoms with Gasteiger partial charge < -0.3 is 19.1 Å². The molecule has 2 heterocycles. The van der Waals surface area contributed by atoms with Gasteiger partial charge in [-0.05, 0) is 58.0 Å². The quantitative estimate of drug-likeness (QED) is 0.840. The smallest absolute Gasteiger partial charge is 0.255 e. The van der Waals surface area contributed by atoms with Gasteiger partial charge >= 0.3 is 0 Å². The highest BCUT2D eigenvalue weighted by Crippen LogP contribution is 2.24. The maximum atomic E-state index is 13.0. The Labute approximate surface area is 156 Å². The number of rotatable bonds is 4. The molecule has 26 heavy (non-hydrogen) atoms. The molecule has 0 radical (unpaired) electrons. The number of aryl methyl sites for hydroxylation is 1. The summed E-state index contributed by atoms with van der Waals surface area (Å²) < 4.78 is 7.46. The van der Waals surface area contributed by atoms with E-state index in [1.807, 2.05) is 30.0 Å². The molecule has 0 atom stereocenters. The van der Waals surface area contributed by atoms with Crippen LogP contribution in [0.25, 0.3) is 0 Å². The van der Waals surface area contributed by atoms with Crippen molar-refractivity contribution in [2.45, 2.75) is 33.7 Å². The molecule has 1 fully saturated rings. The van der Waals surface area contributed by atoms with Crippen LogP contribution < -0.4 is 9.64 Å². The van der Waals surface area contributed by atoms with E-state index in [0.717, 1.165) is 48.9 Å². The average Bonchev–Trinajstić information content (AvgIpc) is 2.95. The molecule has 0 unspecified atom stereocenters. The second-order valence-corrected chi connectivity index (χ2v) is 7.23. The molecular formula is C21H29N3O2. The minimum atomic E-state index is 0.152. The minimum Gasteiger partial charge on any atom is -0.497 e. The van der Waals surface area contributed by atoms with Crippen molar-refractivity contribution in [1.29, 1.82) is 0 Å². The largest absolute Gasteiger partial charge is 0.497 e. The number of piperazine rings is 1. The van der Waals surface area contributed by atoms with Crippen LogP contribution in [0.5, 0.6) is 5.75 Å². The van der Waals surface area contributed by atoms with Crippen LogP contribution in [0.2, 0.25) is 0 Å². The van der Waals surface area contributed by atoms with Crippen molar-refractivity contribution in [2.24, 2.45) is 0 Å². The van der Waals surface area contributed by atoms with E-state index in [9.17, 15) is 4.79 Å². The summed E-state index contributed by atoms with van der Waals surface area (Å²) in [7, 11) is 1.68. The van der Waals surface area contributed by atoms with Gasteiger partial charge in [0.1, 0.15) is 5.75 Å². The zero-order chi connectivity index (χ0) is 18.8. The van der Waals surface area contributed by atoms with Crippen LogP contribution in [0, 0.1) is 13.8 Å². The fraction of sp³-hybridized carbons (Fsp3) is 0.476. The minimum absolute atomic E-state index is 0.152. The first-order valence-electron chi connectivity index (χ1n) is 9.29. The lowest BCUT2D eigenvalue weighted by molar-refractivity contribution is 0.0746. The Morgan fingerprint density at radius 2 is 1.65 bits per heavy atom. The van der Waals surface area contributed by atoms with Gasteiger partial charge in [-0.15, -0.1) is 0 Å². The van der Waals surface area contributed by atoms with Crippen LogP contribution in [0.1, 0.15) is 41.6 Å². The van der Waals surface area contributed by atoms with E-state index < -0.39 is 0 Å². The first-order chi connectivity index (χ1) is 12.4.